The molecule has 0 atom stereocenters. The molecule has 0 bridgehead atoms. The van der Waals surface area contributed by atoms with Gasteiger partial charge in [-0.1, -0.05) is 36.4 Å². The molecule has 0 heterocycles. The minimum atomic E-state index is 1.10. The van der Waals surface area contributed by atoms with E-state index in [1.807, 2.05) is 0 Å². The van der Waals surface area contributed by atoms with E-state index in [4.69, 9.17) is 0 Å². The van der Waals surface area contributed by atoms with Crippen LogP contribution in [-0.2, 0) is 12.8 Å². The molecule has 16 heavy (non-hydrogen) atoms. The second-order valence-corrected chi connectivity index (χ2v) is 4.66. The molecule has 0 spiro atoms. The van der Waals surface area contributed by atoms with Gasteiger partial charge in [0.15, 0.2) is 0 Å². The number of allylic oxidation sites excluding steroid dienone is 2. The monoisotopic (exact) mass is 204 g/mol. The zero-order chi connectivity index (χ0) is 10.5. The lowest BCUT2D eigenvalue weighted by Gasteiger charge is -2.06. The Morgan fingerprint density at radius 2 is 1.12 bits per heavy atom. The van der Waals surface area contributed by atoms with Crippen molar-refractivity contribution in [2.45, 2.75) is 12.8 Å². The molecule has 2 aromatic carbocycles. The van der Waals surface area contributed by atoms with Gasteiger partial charge < -0.3 is 0 Å². The summed E-state index contributed by atoms with van der Waals surface area (Å²) < 4.78 is 0. The Kier molecular flexibility index (Phi) is 1.49. The van der Waals surface area contributed by atoms with Crippen LogP contribution in [0.5, 0.6) is 0 Å². The third kappa shape index (κ3) is 1.04. The Morgan fingerprint density at radius 1 is 0.625 bits per heavy atom. The summed E-state index contributed by atoms with van der Waals surface area (Å²) in [5, 5.41) is 2.76. The molecule has 0 amide bonds. The number of fused-ring (bicyclic) bond motifs is 3. The quantitative estimate of drug-likeness (QED) is 0.609. The standard InChI is InChI=1S/C16H12/c1-3-11-7-15-9-13-5-2-6-14(13)10-16(15)8-12(11)4-1/h1-3,6-10H,4-5H2. The molecule has 0 unspecified atom stereocenters. The predicted octanol–water partition coefficient (Wildman–Crippen LogP) is 3.98. The van der Waals surface area contributed by atoms with Gasteiger partial charge in [0.1, 0.15) is 0 Å². The largest absolute Gasteiger partial charge is 0.0795 e. The van der Waals surface area contributed by atoms with Crippen LogP contribution < -0.4 is 0 Å². The Bertz CT molecular complexity index is 598. The fourth-order valence-electron chi connectivity index (χ4n) is 2.77. The van der Waals surface area contributed by atoms with Crippen molar-refractivity contribution in [2.24, 2.45) is 0 Å². The molecule has 4 rings (SSSR count). The topological polar surface area (TPSA) is 0 Å². The van der Waals surface area contributed by atoms with Crippen LogP contribution in [0.3, 0.4) is 0 Å². The van der Waals surface area contributed by atoms with Crippen LogP contribution in [0.25, 0.3) is 22.9 Å². The smallest absolute Gasteiger partial charge is 0.00880 e. The third-order valence-electron chi connectivity index (χ3n) is 3.63. The van der Waals surface area contributed by atoms with Crippen LogP contribution in [0.2, 0.25) is 0 Å². The third-order valence-corrected chi connectivity index (χ3v) is 3.63. The highest BCUT2D eigenvalue weighted by molar-refractivity contribution is 5.90. The lowest BCUT2D eigenvalue weighted by atomic mass is 9.98. The molecule has 0 aromatic heterocycles. The summed E-state index contributed by atoms with van der Waals surface area (Å²) in [5.41, 5.74) is 5.74. The van der Waals surface area contributed by atoms with Gasteiger partial charge in [0, 0.05) is 0 Å². The van der Waals surface area contributed by atoms with Crippen molar-refractivity contribution in [2.75, 3.05) is 0 Å². The van der Waals surface area contributed by atoms with Crippen molar-refractivity contribution >= 4 is 22.9 Å². The van der Waals surface area contributed by atoms with Gasteiger partial charge in [-0.05, 0) is 58.0 Å². The van der Waals surface area contributed by atoms with Crippen molar-refractivity contribution in [3.8, 4) is 0 Å². The number of hydrogen-bond donors (Lipinski definition) is 0. The lowest BCUT2D eigenvalue weighted by molar-refractivity contribution is 1.31. The van der Waals surface area contributed by atoms with E-state index in [-0.39, 0.29) is 0 Å². The molecular formula is C16H12. The van der Waals surface area contributed by atoms with Crippen LogP contribution in [0.1, 0.15) is 22.3 Å². The molecule has 0 fully saturated rings. The van der Waals surface area contributed by atoms with E-state index >= 15 is 0 Å². The van der Waals surface area contributed by atoms with Crippen LogP contribution in [0, 0.1) is 0 Å². The highest BCUT2D eigenvalue weighted by atomic mass is 14.1. The Morgan fingerprint density at radius 3 is 1.62 bits per heavy atom. The van der Waals surface area contributed by atoms with Gasteiger partial charge in [-0.3, -0.25) is 0 Å². The molecule has 0 heteroatoms. The summed E-state index contributed by atoms with van der Waals surface area (Å²) in [6.07, 6.45) is 11.2. The maximum absolute atomic E-state index is 2.34. The van der Waals surface area contributed by atoms with Crippen molar-refractivity contribution in [1.82, 2.24) is 0 Å². The summed E-state index contributed by atoms with van der Waals surface area (Å²) in [4.78, 5) is 0. The molecule has 0 aliphatic heterocycles. The van der Waals surface area contributed by atoms with Gasteiger partial charge in [-0.2, -0.15) is 0 Å². The second kappa shape index (κ2) is 2.85. The fourth-order valence-corrected chi connectivity index (χ4v) is 2.77. The average Bonchev–Trinajstić information content (AvgIpc) is 2.89. The van der Waals surface area contributed by atoms with E-state index in [9.17, 15) is 0 Å². The first-order valence-electron chi connectivity index (χ1n) is 5.83. The van der Waals surface area contributed by atoms with E-state index in [1.54, 1.807) is 0 Å². The molecule has 76 valence electrons. The maximum Gasteiger partial charge on any atom is -0.00880 e. The second-order valence-electron chi connectivity index (χ2n) is 4.66. The molecule has 0 saturated heterocycles. The van der Waals surface area contributed by atoms with Gasteiger partial charge in [0.2, 0.25) is 0 Å². The van der Waals surface area contributed by atoms with Gasteiger partial charge in [0.25, 0.3) is 0 Å². The predicted molar refractivity (Wildman–Crippen MR) is 69.4 cm³/mol. The van der Waals surface area contributed by atoms with Crippen LogP contribution in [0.4, 0.5) is 0 Å². The average molecular weight is 204 g/mol. The van der Waals surface area contributed by atoms with Crippen molar-refractivity contribution in [3.63, 3.8) is 0 Å². The van der Waals surface area contributed by atoms with E-state index < -0.39 is 0 Å². The Balaban J connectivity index is 2.07. The normalized spacial score (nSPS) is 15.8. The van der Waals surface area contributed by atoms with E-state index in [0.717, 1.165) is 12.8 Å². The highest BCUT2D eigenvalue weighted by Crippen LogP contribution is 2.30. The molecule has 0 radical (unpaired) electrons. The zero-order valence-electron chi connectivity index (χ0n) is 9.03. The molecule has 0 saturated carbocycles. The van der Waals surface area contributed by atoms with Gasteiger partial charge >= 0.3 is 0 Å². The van der Waals surface area contributed by atoms with Crippen LogP contribution >= 0.6 is 0 Å². The maximum atomic E-state index is 2.34. The molecule has 2 aromatic rings. The first-order chi connectivity index (χ1) is 7.90. The first-order valence-corrected chi connectivity index (χ1v) is 5.83. The van der Waals surface area contributed by atoms with E-state index in [2.05, 4.69) is 48.6 Å². The highest BCUT2D eigenvalue weighted by Gasteiger charge is 2.10. The number of hydrogen-bond acceptors (Lipinski definition) is 0. The molecule has 2 aliphatic rings. The van der Waals surface area contributed by atoms with E-state index in [0.29, 0.717) is 0 Å². The minimum absolute atomic E-state index is 1.10. The number of rotatable bonds is 0. The summed E-state index contributed by atoms with van der Waals surface area (Å²) in [6.45, 7) is 0. The van der Waals surface area contributed by atoms with Gasteiger partial charge in [-0.25, -0.2) is 0 Å². The zero-order valence-corrected chi connectivity index (χ0v) is 9.03. The first kappa shape index (κ1) is 8.35. The summed E-state index contributed by atoms with van der Waals surface area (Å²) in [6, 6.07) is 9.34. The molecule has 0 N–H and O–H groups in total. The van der Waals surface area contributed by atoms with Crippen molar-refractivity contribution in [1.29, 1.82) is 0 Å². The van der Waals surface area contributed by atoms with Crippen LogP contribution in [-0.4, -0.2) is 0 Å². The SMILES string of the molecule is C1=Cc2cc3cc4c(cc3cc2C1)C=CC4. The Hall–Kier alpha value is -1.82. The van der Waals surface area contributed by atoms with Crippen molar-refractivity contribution < 1.29 is 0 Å². The van der Waals surface area contributed by atoms with Crippen molar-refractivity contribution in [3.05, 3.63) is 58.7 Å². The van der Waals surface area contributed by atoms with Gasteiger partial charge in [-0.15, -0.1) is 0 Å². The molecular weight excluding hydrogens is 192 g/mol. The summed E-state index contributed by atoms with van der Waals surface area (Å²) >= 11 is 0. The minimum Gasteiger partial charge on any atom is -0.0795 e. The fraction of sp³-hybridized carbons (Fsp3) is 0.125. The summed E-state index contributed by atoms with van der Waals surface area (Å²) in [5.74, 6) is 0. The lowest BCUT2D eigenvalue weighted by Crippen LogP contribution is -1.86. The van der Waals surface area contributed by atoms with Gasteiger partial charge in [0.05, 0.1) is 0 Å². The van der Waals surface area contributed by atoms with E-state index in [1.165, 1.54) is 33.0 Å². The molecule has 0 nitrogen and oxygen atoms in total. The summed E-state index contributed by atoms with van der Waals surface area (Å²) in [7, 11) is 0. The Labute approximate surface area is 94.9 Å². The van der Waals surface area contributed by atoms with Crippen LogP contribution in [0.15, 0.2) is 36.4 Å². The number of benzene rings is 2. The molecule has 2 aliphatic carbocycles.